The van der Waals surface area contributed by atoms with Crippen LogP contribution in [-0.2, 0) is 9.53 Å². The van der Waals surface area contributed by atoms with Crippen molar-refractivity contribution in [3.8, 4) is 0 Å². The van der Waals surface area contributed by atoms with Gasteiger partial charge in [0.05, 0.1) is 12.3 Å². The highest BCUT2D eigenvalue weighted by atomic mass is 32.1. The van der Waals surface area contributed by atoms with Gasteiger partial charge in [0.1, 0.15) is 0 Å². The number of carbonyl (C=O) groups excluding carboxylic acids is 1. The van der Waals surface area contributed by atoms with Crippen LogP contribution in [0.3, 0.4) is 0 Å². The molecule has 0 aliphatic rings. The van der Waals surface area contributed by atoms with Crippen molar-refractivity contribution < 1.29 is 9.53 Å². The summed E-state index contributed by atoms with van der Waals surface area (Å²) >= 11 is 4.45. The van der Waals surface area contributed by atoms with Gasteiger partial charge in [0, 0.05) is 0 Å². The summed E-state index contributed by atoms with van der Waals surface area (Å²) in [5.74, 6) is -0.531. The molecule has 3 nitrogen and oxygen atoms in total. The normalized spacial score (nSPS) is 10.3. The van der Waals surface area contributed by atoms with Gasteiger partial charge in [0.25, 0.3) is 0 Å². The lowest BCUT2D eigenvalue weighted by Crippen LogP contribution is -2.02. The highest BCUT2D eigenvalue weighted by Crippen LogP contribution is 2.08. The molecule has 1 aromatic carbocycles. The van der Waals surface area contributed by atoms with Gasteiger partial charge in [-0.3, -0.25) is 0 Å². The maximum atomic E-state index is 11.2. The highest BCUT2D eigenvalue weighted by Gasteiger charge is 2.07. The van der Waals surface area contributed by atoms with Crippen molar-refractivity contribution in [2.24, 2.45) is 4.99 Å². The quantitative estimate of drug-likeness (QED) is 0.339. The van der Waals surface area contributed by atoms with E-state index in [2.05, 4.69) is 27.1 Å². The Morgan fingerprint density at radius 1 is 1.47 bits per heavy atom. The van der Waals surface area contributed by atoms with Gasteiger partial charge >= 0.3 is 5.97 Å². The van der Waals surface area contributed by atoms with Gasteiger partial charge in [0.2, 0.25) is 0 Å². The van der Waals surface area contributed by atoms with E-state index in [1.165, 1.54) is 7.11 Å². The molecule has 0 unspecified atom stereocenters. The molecule has 0 atom stereocenters. The minimum Gasteiger partial charge on any atom is -0.464 e. The molecular formula is C11H9NO2S. The van der Waals surface area contributed by atoms with Gasteiger partial charge in [-0.05, 0) is 23.9 Å². The number of carbonyl (C=O) groups is 1. The number of ether oxygens (including phenoxy) is 1. The lowest BCUT2D eigenvalue weighted by molar-refractivity contribution is -0.136. The number of hydrogen-bond acceptors (Lipinski definition) is 4. The molecule has 0 fully saturated rings. The largest absolute Gasteiger partial charge is 0.464 e. The van der Waals surface area contributed by atoms with Crippen molar-refractivity contribution in [2.45, 2.75) is 0 Å². The zero-order valence-corrected chi connectivity index (χ0v) is 8.95. The molecule has 0 aromatic heterocycles. The minimum atomic E-state index is -0.531. The van der Waals surface area contributed by atoms with Crippen molar-refractivity contribution in [3.63, 3.8) is 0 Å². The topological polar surface area (TPSA) is 38.7 Å². The molecule has 1 rings (SSSR count). The summed E-state index contributed by atoms with van der Waals surface area (Å²) in [5.41, 5.74) is 0.991. The van der Waals surface area contributed by atoms with Crippen LogP contribution >= 0.6 is 12.2 Å². The average Bonchev–Trinajstić information content (AvgIpc) is 2.29. The lowest BCUT2D eigenvalue weighted by atomic mass is 10.2. The van der Waals surface area contributed by atoms with E-state index < -0.39 is 5.97 Å². The number of isothiocyanates is 1. The summed E-state index contributed by atoms with van der Waals surface area (Å²) in [6.07, 6.45) is 1.59. The van der Waals surface area contributed by atoms with Gasteiger partial charge < -0.3 is 4.74 Å². The van der Waals surface area contributed by atoms with Crippen LogP contribution in [0.25, 0.3) is 6.08 Å². The summed E-state index contributed by atoms with van der Waals surface area (Å²) < 4.78 is 4.55. The first kappa shape index (κ1) is 11.3. The van der Waals surface area contributed by atoms with Crippen molar-refractivity contribution in [1.82, 2.24) is 0 Å². The lowest BCUT2D eigenvalue weighted by Gasteiger charge is -1.97. The number of rotatable bonds is 3. The Kier molecular flexibility index (Phi) is 4.41. The summed E-state index contributed by atoms with van der Waals surface area (Å²) in [6.45, 7) is 0. The zero-order valence-electron chi connectivity index (χ0n) is 8.14. The second kappa shape index (κ2) is 5.86. The summed E-state index contributed by atoms with van der Waals surface area (Å²) in [7, 11) is 1.29. The van der Waals surface area contributed by atoms with Gasteiger partial charge in [-0.25, -0.2) is 4.79 Å². The first-order valence-corrected chi connectivity index (χ1v) is 4.61. The van der Waals surface area contributed by atoms with Gasteiger partial charge in [-0.15, -0.1) is 0 Å². The zero-order chi connectivity index (χ0) is 11.1. The molecule has 0 aliphatic carbocycles. The Hall–Kier alpha value is -1.77. The van der Waals surface area contributed by atoms with E-state index in [0.29, 0.717) is 0 Å². The molecular weight excluding hydrogens is 210 g/mol. The Labute approximate surface area is 93.1 Å². The third-order valence-electron chi connectivity index (χ3n) is 1.66. The molecule has 0 heterocycles. The van der Waals surface area contributed by atoms with Crippen LogP contribution in [0.2, 0.25) is 0 Å². The fraction of sp³-hybridized carbons (Fsp3) is 0.0909. The van der Waals surface area contributed by atoms with Crippen LogP contribution in [-0.4, -0.2) is 18.2 Å². The molecule has 0 saturated carbocycles. The molecule has 0 amide bonds. The number of methoxy groups -OCH3 is 1. The molecule has 0 bridgehead atoms. The molecule has 0 saturated heterocycles. The van der Waals surface area contributed by atoms with Gasteiger partial charge in [-0.1, -0.05) is 30.3 Å². The monoisotopic (exact) mass is 219 g/mol. The maximum Gasteiger partial charge on any atom is 0.357 e. The van der Waals surface area contributed by atoms with E-state index >= 15 is 0 Å². The minimum absolute atomic E-state index is 0.138. The number of nitrogens with zero attached hydrogens (tertiary/aromatic N) is 1. The van der Waals surface area contributed by atoms with Crippen LogP contribution in [0, 0.1) is 0 Å². The van der Waals surface area contributed by atoms with Crippen molar-refractivity contribution >= 4 is 29.4 Å². The van der Waals surface area contributed by atoms with Crippen LogP contribution < -0.4 is 0 Å². The fourth-order valence-electron chi connectivity index (χ4n) is 0.998. The SMILES string of the molecule is COC(=O)/C(=C/c1ccccc1)N=C=S. The van der Waals surface area contributed by atoms with Crippen molar-refractivity contribution in [1.29, 1.82) is 0 Å². The molecule has 1 aromatic rings. The standard InChI is InChI=1S/C11H9NO2S/c1-14-11(13)10(12-8-15)7-9-5-3-2-4-6-9/h2-7H,1H3/b10-7-. The van der Waals surface area contributed by atoms with E-state index in [0.717, 1.165) is 5.56 Å². The second-order valence-electron chi connectivity index (χ2n) is 2.63. The van der Waals surface area contributed by atoms with Crippen LogP contribution in [0.4, 0.5) is 0 Å². The molecule has 0 radical (unpaired) electrons. The molecule has 15 heavy (non-hydrogen) atoms. The van der Waals surface area contributed by atoms with Crippen LogP contribution in [0.5, 0.6) is 0 Å². The molecule has 0 spiro atoms. The third kappa shape index (κ3) is 3.46. The third-order valence-corrected chi connectivity index (χ3v) is 1.75. The smallest absolute Gasteiger partial charge is 0.357 e. The van der Waals surface area contributed by atoms with E-state index in [-0.39, 0.29) is 5.70 Å². The van der Waals surface area contributed by atoms with Crippen LogP contribution in [0.15, 0.2) is 41.0 Å². The Bertz CT molecular complexity index is 419. The predicted molar refractivity (Wildman–Crippen MR) is 61.5 cm³/mol. The second-order valence-corrected chi connectivity index (χ2v) is 2.82. The average molecular weight is 219 g/mol. The number of aliphatic imine (C=N–C) groups is 1. The first-order chi connectivity index (χ1) is 7.27. The molecule has 76 valence electrons. The number of benzene rings is 1. The Morgan fingerprint density at radius 2 is 2.13 bits per heavy atom. The Balaban J connectivity index is 3.04. The summed E-state index contributed by atoms with van der Waals surface area (Å²) in [4.78, 5) is 14.9. The highest BCUT2D eigenvalue weighted by molar-refractivity contribution is 7.78. The summed E-state index contributed by atoms with van der Waals surface area (Å²) in [6, 6.07) is 9.31. The van der Waals surface area contributed by atoms with E-state index in [9.17, 15) is 4.79 Å². The van der Waals surface area contributed by atoms with Gasteiger partial charge in [0.15, 0.2) is 5.70 Å². The van der Waals surface area contributed by atoms with Gasteiger partial charge in [-0.2, -0.15) is 4.99 Å². The van der Waals surface area contributed by atoms with Crippen LogP contribution in [0.1, 0.15) is 5.56 Å². The molecule has 4 heteroatoms. The van der Waals surface area contributed by atoms with E-state index in [4.69, 9.17) is 0 Å². The summed E-state index contributed by atoms with van der Waals surface area (Å²) in [5, 5.41) is 2.14. The van der Waals surface area contributed by atoms with E-state index in [1.807, 2.05) is 30.3 Å². The number of esters is 1. The number of hydrogen-bond donors (Lipinski definition) is 0. The predicted octanol–water partition coefficient (Wildman–Crippen LogP) is 2.30. The van der Waals surface area contributed by atoms with Crippen molar-refractivity contribution in [2.75, 3.05) is 7.11 Å². The first-order valence-electron chi connectivity index (χ1n) is 4.21. The van der Waals surface area contributed by atoms with E-state index in [1.54, 1.807) is 6.08 Å². The van der Waals surface area contributed by atoms with Crippen molar-refractivity contribution in [3.05, 3.63) is 41.6 Å². The Morgan fingerprint density at radius 3 is 2.67 bits per heavy atom. The fourth-order valence-corrected chi connectivity index (χ4v) is 1.10. The molecule has 0 N–H and O–H groups in total. The molecule has 0 aliphatic heterocycles. The maximum absolute atomic E-state index is 11.2. The number of thiocarbonyl (C=S) groups is 1.